The zero-order valence-electron chi connectivity index (χ0n) is 8.04. The van der Waals surface area contributed by atoms with E-state index in [1.165, 1.54) is 19.3 Å². The third-order valence-corrected chi connectivity index (χ3v) is 3.59. The predicted octanol–water partition coefficient (Wildman–Crippen LogP) is -0.495. The topological polar surface area (TPSA) is 103 Å². The summed E-state index contributed by atoms with van der Waals surface area (Å²) in [4.78, 5) is 10.3. The van der Waals surface area contributed by atoms with E-state index >= 15 is 0 Å². The lowest BCUT2D eigenvalue weighted by atomic mass is 10.4. The molecule has 1 aromatic heterocycles. The Balaban J connectivity index is 2.75. The second-order valence-electron chi connectivity index (χ2n) is 2.89. The van der Waals surface area contributed by atoms with Gasteiger partial charge in [-0.3, -0.25) is 9.89 Å². The minimum atomic E-state index is -3.64. The summed E-state index contributed by atoms with van der Waals surface area (Å²) < 4.78 is 24.3. The number of aromatic amines is 1. The first-order valence-electron chi connectivity index (χ1n) is 4.12. The summed E-state index contributed by atoms with van der Waals surface area (Å²) in [5, 5.41) is 14.2. The summed E-state index contributed by atoms with van der Waals surface area (Å²) in [6.45, 7) is -0.0727. The summed E-state index contributed by atoms with van der Waals surface area (Å²) in [6.07, 6.45) is 1.09. The van der Waals surface area contributed by atoms with Crippen LogP contribution < -0.4 is 0 Å². The summed E-state index contributed by atoms with van der Waals surface area (Å²) in [5.41, 5.74) is 0. The molecule has 0 amide bonds. The molecule has 0 aliphatic heterocycles. The van der Waals surface area contributed by atoms with E-state index in [1.807, 2.05) is 0 Å². The molecular formula is C7H11N3O4S. The number of rotatable bonds is 5. The van der Waals surface area contributed by atoms with Gasteiger partial charge in [-0.15, -0.1) is 0 Å². The van der Waals surface area contributed by atoms with Crippen LogP contribution in [0.25, 0.3) is 0 Å². The average Bonchev–Trinajstić information content (AvgIpc) is 2.66. The monoisotopic (exact) mass is 233 g/mol. The maximum atomic E-state index is 11.7. The van der Waals surface area contributed by atoms with E-state index < -0.39 is 16.0 Å². The van der Waals surface area contributed by atoms with Gasteiger partial charge in [0.1, 0.15) is 0 Å². The second-order valence-corrected chi connectivity index (χ2v) is 4.90. The predicted molar refractivity (Wildman–Crippen MR) is 50.7 cm³/mol. The number of nitrogens with one attached hydrogen (secondary N) is 1. The molecule has 8 heteroatoms. The lowest BCUT2D eigenvalue weighted by Crippen LogP contribution is -2.29. The molecule has 0 spiro atoms. The molecule has 1 aromatic rings. The molecule has 2 N–H and O–H groups in total. The highest BCUT2D eigenvalue weighted by atomic mass is 32.2. The first-order valence-corrected chi connectivity index (χ1v) is 5.56. The fourth-order valence-corrected chi connectivity index (χ4v) is 2.00. The van der Waals surface area contributed by atoms with Crippen molar-refractivity contribution < 1.29 is 18.3 Å². The number of sulfonamides is 1. The Hall–Kier alpha value is -1.41. The lowest BCUT2D eigenvalue weighted by molar-refractivity contribution is -0.137. The van der Waals surface area contributed by atoms with E-state index in [4.69, 9.17) is 5.11 Å². The highest BCUT2D eigenvalue weighted by molar-refractivity contribution is 7.89. The Labute approximate surface area is 86.8 Å². The molecule has 0 aliphatic rings. The van der Waals surface area contributed by atoms with E-state index in [9.17, 15) is 13.2 Å². The van der Waals surface area contributed by atoms with Crippen molar-refractivity contribution in [2.45, 2.75) is 11.4 Å². The van der Waals surface area contributed by atoms with E-state index in [-0.39, 0.29) is 18.0 Å². The van der Waals surface area contributed by atoms with Crippen molar-refractivity contribution in [2.75, 3.05) is 13.6 Å². The number of carboxylic acid groups (broad SMARTS) is 1. The molecule has 0 saturated heterocycles. The Kier molecular flexibility index (Phi) is 3.43. The SMILES string of the molecule is CN(CCC(=O)O)S(=O)(=O)c1ccn[nH]1. The van der Waals surface area contributed by atoms with Gasteiger partial charge in [0.2, 0.25) is 0 Å². The minimum Gasteiger partial charge on any atom is -0.481 e. The van der Waals surface area contributed by atoms with Crippen LogP contribution in [0.3, 0.4) is 0 Å². The van der Waals surface area contributed by atoms with Crippen molar-refractivity contribution in [2.24, 2.45) is 0 Å². The number of carboxylic acids is 1. The van der Waals surface area contributed by atoms with Crippen LogP contribution >= 0.6 is 0 Å². The lowest BCUT2D eigenvalue weighted by Gasteiger charge is -2.14. The molecule has 84 valence electrons. The maximum Gasteiger partial charge on any atom is 0.304 e. The molecule has 0 unspecified atom stereocenters. The zero-order chi connectivity index (χ0) is 11.5. The van der Waals surface area contributed by atoms with Gasteiger partial charge in [0.25, 0.3) is 10.0 Å². The van der Waals surface area contributed by atoms with Crippen LogP contribution in [-0.2, 0) is 14.8 Å². The molecule has 0 bridgehead atoms. The van der Waals surface area contributed by atoms with Crippen molar-refractivity contribution in [1.82, 2.24) is 14.5 Å². The van der Waals surface area contributed by atoms with Gasteiger partial charge in [-0.1, -0.05) is 0 Å². The van der Waals surface area contributed by atoms with Crippen molar-refractivity contribution in [3.8, 4) is 0 Å². The largest absolute Gasteiger partial charge is 0.481 e. The van der Waals surface area contributed by atoms with Crippen molar-refractivity contribution >= 4 is 16.0 Å². The number of hydrogen-bond donors (Lipinski definition) is 2. The fourth-order valence-electron chi connectivity index (χ4n) is 0.928. The van der Waals surface area contributed by atoms with E-state index in [0.29, 0.717) is 0 Å². The van der Waals surface area contributed by atoms with Crippen molar-refractivity contribution in [1.29, 1.82) is 0 Å². The van der Waals surface area contributed by atoms with Gasteiger partial charge in [0, 0.05) is 13.6 Å². The third-order valence-electron chi connectivity index (χ3n) is 1.80. The Morgan fingerprint density at radius 2 is 2.33 bits per heavy atom. The fraction of sp³-hybridized carbons (Fsp3) is 0.429. The molecular weight excluding hydrogens is 222 g/mol. The minimum absolute atomic E-state index is 0.0459. The standard InChI is InChI=1S/C7H11N3O4S/c1-10(5-3-7(11)12)15(13,14)6-2-4-8-9-6/h2,4H,3,5H2,1H3,(H,8,9)(H,11,12). The molecule has 0 atom stereocenters. The van der Waals surface area contributed by atoms with Gasteiger partial charge in [0.15, 0.2) is 5.03 Å². The quantitative estimate of drug-likeness (QED) is 0.714. The molecule has 1 rings (SSSR count). The second kappa shape index (κ2) is 4.41. The normalized spacial score (nSPS) is 11.9. The molecule has 0 aromatic carbocycles. The molecule has 7 nitrogen and oxygen atoms in total. The Morgan fingerprint density at radius 1 is 1.67 bits per heavy atom. The van der Waals surface area contributed by atoms with E-state index in [1.54, 1.807) is 0 Å². The summed E-state index contributed by atoms with van der Waals surface area (Å²) in [5.74, 6) is -1.04. The van der Waals surface area contributed by atoms with E-state index in [2.05, 4.69) is 10.2 Å². The molecule has 0 radical (unpaired) electrons. The summed E-state index contributed by atoms with van der Waals surface area (Å²) >= 11 is 0. The Morgan fingerprint density at radius 3 is 2.80 bits per heavy atom. The number of aliphatic carboxylic acids is 1. The molecule has 0 fully saturated rings. The van der Waals surface area contributed by atoms with Crippen LogP contribution in [0.5, 0.6) is 0 Å². The number of aromatic nitrogens is 2. The van der Waals surface area contributed by atoms with Gasteiger partial charge in [-0.05, 0) is 6.07 Å². The van der Waals surface area contributed by atoms with Gasteiger partial charge in [-0.25, -0.2) is 8.42 Å². The highest BCUT2D eigenvalue weighted by Gasteiger charge is 2.22. The summed E-state index contributed by atoms with van der Waals surface area (Å²) in [6, 6.07) is 1.31. The Bertz CT molecular complexity index is 425. The van der Waals surface area contributed by atoms with Gasteiger partial charge >= 0.3 is 5.97 Å². The first kappa shape index (κ1) is 11.7. The number of H-pyrrole nitrogens is 1. The van der Waals surface area contributed by atoms with Gasteiger partial charge < -0.3 is 5.11 Å². The van der Waals surface area contributed by atoms with Crippen LogP contribution in [-0.4, -0.2) is 47.6 Å². The van der Waals surface area contributed by atoms with Crippen LogP contribution in [0.1, 0.15) is 6.42 Å². The maximum absolute atomic E-state index is 11.7. The van der Waals surface area contributed by atoms with Gasteiger partial charge in [-0.2, -0.15) is 9.40 Å². The average molecular weight is 233 g/mol. The zero-order valence-corrected chi connectivity index (χ0v) is 8.86. The molecule has 0 aliphatic carbocycles. The van der Waals surface area contributed by atoms with Crippen molar-refractivity contribution in [3.63, 3.8) is 0 Å². The van der Waals surface area contributed by atoms with E-state index in [0.717, 1.165) is 4.31 Å². The number of hydrogen-bond acceptors (Lipinski definition) is 4. The highest BCUT2D eigenvalue weighted by Crippen LogP contribution is 2.10. The van der Waals surface area contributed by atoms with Crippen LogP contribution in [0.15, 0.2) is 17.3 Å². The first-order chi connectivity index (χ1) is 6.94. The van der Waals surface area contributed by atoms with Crippen molar-refractivity contribution in [3.05, 3.63) is 12.3 Å². The van der Waals surface area contributed by atoms with Crippen LogP contribution in [0, 0.1) is 0 Å². The van der Waals surface area contributed by atoms with Crippen LogP contribution in [0.4, 0.5) is 0 Å². The van der Waals surface area contributed by atoms with Crippen LogP contribution in [0.2, 0.25) is 0 Å². The summed E-state index contributed by atoms with van der Waals surface area (Å²) in [7, 11) is -2.32. The molecule has 15 heavy (non-hydrogen) atoms. The smallest absolute Gasteiger partial charge is 0.304 e. The van der Waals surface area contributed by atoms with Gasteiger partial charge in [0.05, 0.1) is 12.6 Å². The third kappa shape index (κ3) is 2.77. The number of nitrogens with zero attached hydrogens (tertiary/aromatic N) is 2. The number of carbonyl (C=O) groups is 1. The molecule has 1 heterocycles. The molecule has 0 saturated carbocycles.